The molecular weight excluding hydrogens is 675 g/mol. The molecule has 3 rings (SSSR count). The Labute approximate surface area is 234 Å². The van der Waals surface area contributed by atoms with E-state index in [1.807, 2.05) is 0 Å². The van der Waals surface area contributed by atoms with Crippen molar-refractivity contribution in [1.29, 1.82) is 0 Å². The smallest absolute Gasteiger partial charge is 0.253 e. The van der Waals surface area contributed by atoms with Gasteiger partial charge in [-0.3, -0.25) is 4.98 Å². The van der Waals surface area contributed by atoms with E-state index in [0.29, 0.717) is 6.07 Å². The first-order chi connectivity index (χ1) is 19.5. The molecule has 1 heterocycles. The normalized spacial score (nSPS) is 14.0. The standard InChI is InChI=1S/C24H10F18NP/c1-9-3-2-4-16(43-9)44(17-12(21(31,32)33)5-10(19(25,26)27)6-13(17)22(34,35)36)18-14(23(37,38)39)7-11(20(28,29)30)8-15(18)24(40,41)42/h2-8H,1H3. The fraction of sp³-hybridized carbons (Fsp3) is 0.292. The van der Waals surface area contributed by atoms with Crippen LogP contribution >= 0.6 is 7.92 Å². The highest BCUT2D eigenvalue weighted by atomic mass is 31.1. The molecule has 0 N–H and O–H groups in total. The second-order valence-electron chi connectivity index (χ2n) is 8.80. The minimum Gasteiger partial charge on any atom is -0.253 e. The van der Waals surface area contributed by atoms with E-state index in [0.717, 1.165) is 19.1 Å². The molecule has 0 amide bonds. The lowest BCUT2D eigenvalue weighted by atomic mass is 10.0. The second-order valence-corrected chi connectivity index (χ2v) is 10.8. The third-order valence-corrected chi connectivity index (χ3v) is 8.21. The van der Waals surface area contributed by atoms with Gasteiger partial charge in [0, 0.05) is 24.2 Å². The third kappa shape index (κ3) is 7.34. The van der Waals surface area contributed by atoms with Crippen LogP contribution in [0.15, 0.2) is 42.5 Å². The van der Waals surface area contributed by atoms with Gasteiger partial charge in [-0.15, -0.1) is 0 Å². The van der Waals surface area contributed by atoms with Gasteiger partial charge in [0.05, 0.1) is 38.8 Å². The first kappa shape index (κ1) is 35.2. The lowest BCUT2D eigenvalue weighted by molar-refractivity contribution is -0.149. The predicted molar refractivity (Wildman–Crippen MR) is 118 cm³/mol. The van der Waals surface area contributed by atoms with Gasteiger partial charge in [-0.05, 0) is 43.3 Å². The lowest BCUT2D eigenvalue weighted by Crippen LogP contribution is -2.39. The summed E-state index contributed by atoms with van der Waals surface area (Å²) in [6.45, 7) is 0.960. The highest BCUT2D eigenvalue weighted by Gasteiger charge is 2.52. The molecule has 1 aromatic heterocycles. The van der Waals surface area contributed by atoms with Crippen molar-refractivity contribution in [2.75, 3.05) is 0 Å². The van der Waals surface area contributed by atoms with E-state index in [2.05, 4.69) is 4.98 Å². The number of alkyl halides is 18. The van der Waals surface area contributed by atoms with Crippen molar-refractivity contribution >= 4 is 24.0 Å². The van der Waals surface area contributed by atoms with E-state index in [-0.39, 0.29) is 0 Å². The summed E-state index contributed by atoms with van der Waals surface area (Å²) in [5.41, 5.74) is -18.7. The molecule has 0 atom stereocenters. The molecule has 44 heavy (non-hydrogen) atoms. The SMILES string of the molecule is Cc1cccc(P(c2c(C(F)(F)F)cc(C(F)(F)F)cc2C(F)(F)F)c2c(C(F)(F)F)cc(C(F)(F)F)cc2C(F)(F)F)n1. The fourth-order valence-corrected chi connectivity index (χ4v) is 6.84. The summed E-state index contributed by atoms with van der Waals surface area (Å²) in [4.78, 5) is 3.48. The number of aryl methyl sites for hydroxylation is 1. The molecule has 0 spiro atoms. The van der Waals surface area contributed by atoms with Gasteiger partial charge >= 0.3 is 37.1 Å². The average Bonchev–Trinajstić information content (AvgIpc) is 2.80. The van der Waals surface area contributed by atoms with Gasteiger partial charge in [0.25, 0.3) is 0 Å². The first-order valence-electron chi connectivity index (χ1n) is 11.1. The number of nitrogens with zero attached hydrogens (tertiary/aromatic N) is 1. The topological polar surface area (TPSA) is 12.9 Å². The molecular formula is C24H10F18NP. The number of halogens is 18. The Kier molecular flexibility index (Phi) is 8.79. The number of rotatable bonds is 3. The molecule has 0 bridgehead atoms. The highest BCUT2D eigenvalue weighted by molar-refractivity contribution is 7.80. The zero-order chi connectivity index (χ0) is 34.0. The van der Waals surface area contributed by atoms with Crippen LogP contribution in [0, 0.1) is 6.92 Å². The van der Waals surface area contributed by atoms with Crippen molar-refractivity contribution in [2.45, 2.75) is 44.0 Å². The maximum absolute atomic E-state index is 14.2. The van der Waals surface area contributed by atoms with Crippen molar-refractivity contribution in [2.24, 2.45) is 0 Å². The molecule has 0 aliphatic heterocycles. The van der Waals surface area contributed by atoms with Gasteiger partial charge in [-0.25, -0.2) is 0 Å². The van der Waals surface area contributed by atoms with E-state index >= 15 is 0 Å². The fourth-order valence-electron chi connectivity index (χ4n) is 3.94. The van der Waals surface area contributed by atoms with E-state index < -0.39 is 124 Å². The summed E-state index contributed by atoms with van der Waals surface area (Å²) in [7, 11) is -4.62. The summed E-state index contributed by atoms with van der Waals surface area (Å²) in [5, 5.41) is -5.05. The molecule has 0 fully saturated rings. The number of aromatic nitrogens is 1. The van der Waals surface area contributed by atoms with Crippen LogP contribution in [-0.4, -0.2) is 4.98 Å². The van der Waals surface area contributed by atoms with Crippen molar-refractivity contribution in [3.63, 3.8) is 0 Å². The van der Waals surface area contributed by atoms with Crippen LogP contribution in [0.4, 0.5) is 79.0 Å². The number of hydrogen-bond donors (Lipinski definition) is 0. The van der Waals surface area contributed by atoms with Crippen LogP contribution in [0.5, 0.6) is 0 Å². The third-order valence-electron chi connectivity index (χ3n) is 5.65. The maximum atomic E-state index is 14.2. The molecule has 3 aromatic rings. The molecule has 0 unspecified atom stereocenters. The number of hydrogen-bond acceptors (Lipinski definition) is 1. The molecule has 242 valence electrons. The summed E-state index contributed by atoms with van der Waals surface area (Å²) in [6, 6.07) is -1.68. The zero-order valence-electron chi connectivity index (χ0n) is 20.7. The largest absolute Gasteiger partial charge is 0.417 e. The van der Waals surface area contributed by atoms with Crippen molar-refractivity contribution in [1.82, 2.24) is 4.98 Å². The van der Waals surface area contributed by atoms with Crippen LogP contribution in [0.25, 0.3) is 0 Å². The second kappa shape index (κ2) is 11.0. The predicted octanol–water partition coefficient (Wildman–Crippen LogP) is 9.26. The van der Waals surface area contributed by atoms with Gasteiger partial charge in [0.1, 0.15) is 0 Å². The maximum Gasteiger partial charge on any atom is 0.417 e. The first-order valence-corrected chi connectivity index (χ1v) is 12.4. The molecule has 0 aliphatic rings. The van der Waals surface area contributed by atoms with Gasteiger partial charge in [-0.2, -0.15) is 79.0 Å². The van der Waals surface area contributed by atoms with Crippen LogP contribution in [0.2, 0.25) is 0 Å². The van der Waals surface area contributed by atoms with E-state index in [9.17, 15) is 79.0 Å². The van der Waals surface area contributed by atoms with Crippen molar-refractivity contribution in [3.05, 3.63) is 81.5 Å². The molecule has 1 nitrogen and oxygen atoms in total. The Hall–Kier alpha value is -3.24. The van der Waals surface area contributed by atoms with Gasteiger partial charge in [0.15, 0.2) is 0 Å². The Morgan fingerprint density at radius 2 is 0.750 bits per heavy atom. The Bertz CT molecular complexity index is 1370. The van der Waals surface area contributed by atoms with Gasteiger partial charge < -0.3 is 0 Å². The molecule has 0 aliphatic carbocycles. The van der Waals surface area contributed by atoms with Crippen LogP contribution in [-0.2, 0) is 37.1 Å². The van der Waals surface area contributed by atoms with E-state index in [1.165, 1.54) is 0 Å². The van der Waals surface area contributed by atoms with E-state index in [4.69, 9.17) is 0 Å². The molecule has 2 aromatic carbocycles. The zero-order valence-corrected chi connectivity index (χ0v) is 21.6. The molecule has 20 heteroatoms. The quantitative estimate of drug-likeness (QED) is 0.198. The van der Waals surface area contributed by atoms with Crippen LogP contribution < -0.4 is 16.0 Å². The Morgan fingerprint density at radius 3 is 0.977 bits per heavy atom. The highest BCUT2D eigenvalue weighted by Crippen LogP contribution is 2.51. The van der Waals surface area contributed by atoms with Crippen molar-refractivity contribution in [3.8, 4) is 0 Å². The van der Waals surface area contributed by atoms with Gasteiger partial charge in [-0.1, -0.05) is 6.07 Å². The van der Waals surface area contributed by atoms with Crippen LogP contribution in [0.3, 0.4) is 0 Å². The van der Waals surface area contributed by atoms with E-state index in [1.54, 1.807) is 0 Å². The summed E-state index contributed by atoms with van der Waals surface area (Å²) in [5.74, 6) is 0. The number of benzene rings is 2. The average molecular weight is 685 g/mol. The van der Waals surface area contributed by atoms with Crippen molar-refractivity contribution < 1.29 is 79.0 Å². The summed E-state index contributed by atoms with van der Waals surface area (Å²) in [6.07, 6.45) is -37.0. The minimum absolute atomic E-state index is 0.397. The number of pyridine rings is 1. The molecule has 0 saturated heterocycles. The lowest BCUT2D eigenvalue weighted by Gasteiger charge is -2.31. The minimum atomic E-state index is -6.29. The molecule has 0 saturated carbocycles. The monoisotopic (exact) mass is 685 g/mol. The summed E-state index contributed by atoms with van der Waals surface area (Å²) < 4.78 is 251. The Balaban J connectivity index is 2.81. The summed E-state index contributed by atoms with van der Waals surface area (Å²) >= 11 is 0. The molecule has 0 radical (unpaired) electrons. The Morgan fingerprint density at radius 1 is 0.455 bits per heavy atom. The van der Waals surface area contributed by atoms with Gasteiger partial charge in [0.2, 0.25) is 0 Å². The van der Waals surface area contributed by atoms with Crippen LogP contribution in [0.1, 0.15) is 39.1 Å².